The van der Waals surface area contributed by atoms with Crippen molar-refractivity contribution in [2.45, 2.75) is 31.6 Å². The summed E-state index contributed by atoms with van der Waals surface area (Å²) in [5.41, 5.74) is 8.99. The molecule has 0 amide bonds. The minimum atomic E-state index is 0.713. The first-order chi connectivity index (χ1) is 17.8. The number of nitrogens with one attached hydrogen (secondary N) is 1. The summed E-state index contributed by atoms with van der Waals surface area (Å²) in [6.07, 6.45) is 5.64. The van der Waals surface area contributed by atoms with Crippen molar-refractivity contribution in [3.05, 3.63) is 121 Å². The van der Waals surface area contributed by atoms with Gasteiger partial charge >= 0.3 is 0 Å². The van der Waals surface area contributed by atoms with Gasteiger partial charge in [0.2, 0.25) is 0 Å². The molecule has 176 valence electrons. The van der Waals surface area contributed by atoms with Crippen molar-refractivity contribution in [3.63, 3.8) is 0 Å². The Hall–Kier alpha value is -3.84. The maximum atomic E-state index is 3.80. The summed E-state index contributed by atoms with van der Waals surface area (Å²) in [5.74, 6) is 2.53. The molecule has 1 N–H and O–H groups in total. The van der Waals surface area contributed by atoms with Crippen molar-refractivity contribution in [3.8, 4) is 22.3 Å². The predicted octanol–water partition coefficient (Wildman–Crippen LogP) is 9.82. The summed E-state index contributed by atoms with van der Waals surface area (Å²) in [4.78, 5) is 0. The maximum Gasteiger partial charge on any atom is 0.0419 e. The standard InChI is InChI=1S/C35H31N/c1-2-9-25(10-3-1)29-19-20-30(32-14-5-4-13-31(29)32)26-11-8-12-28(23-26)36-35-16-7-6-15-33(35)34-22-24-17-18-27(34)21-24/h1-16,19-20,23-24,27,34,36H,17-18,21-22H2. The van der Waals surface area contributed by atoms with Crippen LogP contribution in [0.15, 0.2) is 115 Å². The largest absolute Gasteiger partial charge is 0.355 e. The predicted molar refractivity (Wildman–Crippen MR) is 153 cm³/mol. The highest BCUT2D eigenvalue weighted by Crippen LogP contribution is 2.54. The first-order valence-electron chi connectivity index (χ1n) is 13.4. The van der Waals surface area contributed by atoms with Crippen LogP contribution in [0.4, 0.5) is 11.4 Å². The quantitative estimate of drug-likeness (QED) is 0.272. The van der Waals surface area contributed by atoms with Crippen molar-refractivity contribution in [2.24, 2.45) is 11.8 Å². The fraction of sp³-hybridized carbons (Fsp3) is 0.200. The van der Waals surface area contributed by atoms with E-state index in [1.807, 2.05) is 0 Å². The number of para-hydroxylation sites is 1. The lowest BCUT2D eigenvalue weighted by molar-refractivity contribution is 0.421. The van der Waals surface area contributed by atoms with Crippen LogP contribution in [0.3, 0.4) is 0 Å². The van der Waals surface area contributed by atoms with E-state index in [-0.39, 0.29) is 0 Å². The number of rotatable bonds is 5. The molecule has 1 nitrogen and oxygen atoms in total. The van der Waals surface area contributed by atoms with Crippen LogP contribution in [0.25, 0.3) is 33.0 Å². The van der Waals surface area contributed by atoms with E-state index in [2.05, 4.69) is 121 Å². The molecule has 0 saturated heterocycles. The van der Waals surface area contributed by atoms with Gasteiger partial charge in [0.15, 0.2) is 0 Å². The Morgan fingerprint density at radius 2 is 1.25 bits per heavy atom. The van der Waals surface area contributed by atoms with Gasteiger partial charge in [0.25, 0.3) is 0 Å². The molecule has 5 aromatic rings. The minimum Gasteiger partial charge on any atom is -0.355 e. The third-order valence-electron chi connectivity index (χ3n) is 8.56. The number of anilines is 2. The average molecular weight is 466 g/mol. The van der Waals surface area contributed by atoms with Gasteiger partial charge in [0.05, 0.1) is 0 Å². The van der Waals surface area contributed by atoms with E-state index in [0.717, 1.165) is 17.5 Å². The molecule has 36 heavy (non-hydrogen) atoms. The van der Waals surface area contributed by atoms with Crippen LogP contribution in [-0.2, 0) is 0 Å². The van der Waals surface area contributed by atoms with Gasteiger partial charge in [-0.15, -0.1) is 0 Å². The molecule has 2 saturated carbocycles. The van der Waals surface area contributed by atoms with E-state index < -0.39 is 0 Å². The Morgan fingerprint density at radius 1 is 0.556 bits per heavy atom. The minimum absolute atomic E-state index is 0.713. The highest BCUT2D eigenvalue weighted by molar-refractivity contribution is 6.05. The van der Waals surface area contributed by atoms with Gasteiger partial charge in [-0.3, -0.25) is 0 Å². The Labute approximate surface area is 213 Å². The number of benzene rings is 5. The van der Waals surface area contributed by atoms with E-state index in [4.69, 9.17) is 0 Å². The molecule has 0 radical (unpaired) electrons. The molecule has 2 aliphatic rings. The van der Waals surface area contributed by atoms with E-state index in [1.165, 1.54) is 70.0 Å². The van der Waals surface area contributed by atoms with Crippen molar-refractivity contribution < 1.29 is 0 Å². The fourth-order valence-corrected chi connectivity index (χ4v) is 6.90. The Kier molecular flexibility index (Phi) is 5.35. The number of hydrogen-bond acceptors (Lipinski definition) is 1. The van der Waals surface area contributed by atoms with E-state index in [0.29, 0.717) is 5.92 Å². The topological polar surface area (TPSA) is 12.0 Å². The highest BCUT2D eigenvalue weighted by atomic mass is 14.9. The first-order valence-corrected chi connectivity index (χ1v) is 13.4. The van der Waals surface area contributed by atoms with E-state index >= 15 is 0 Å². The van der Waals surface area contributed by atoms with Crippen LogP contribution in [0, 0.1) is 11.8 Å². The maximum absolute atomic E-state index is 3.80. The zero-order valence-electron chi connectivity index (χ0n) is 20.5. The van der Waals surface area contributed by atoms with E-state index in [1.54, 1.807) is 0 Å². The molecular formula is C35H31N. The lowest BCUT2D eigenvalue weighted by Gasteiger charge is -2.25. The first kappa shape index (κ1) is 21.4. The number of hydrogen-bond donors (Lipinski definition) is 1. The van der Waals surface area contributed by atoms with Gasteiger partial charge in [-0.1, -0.05) is 103 Å². The normalized spacial score (nSPS) is 20.6. The fourth-order valence-electron chi connectivity index (χ4n) is 6.90. The summed E-state index contributed by atoms with van der Waals surface area (Å²) in [6.45, 7) is 0. The Morgan fingerprint density at radius 3 is 2.00 bits per heavy atom. The molecule has 5 aromatic carbocycles. The highest BCUT2D eigenvalue weighted by Gasteiger charge is 2.40. The average Bonchev–Trinajstić information content (AvgIpc) is 3.58. The zero-order chi connectivity index (χ0) is 23.9. The third kappa shape index (κ3) is 3.80. The molecule has 2 fully saturated rings. The summed E-state index contributed by atoms with van der Waals surface area (Å²) in [5, 5.41) is 6.39. The number of fused-ring (bicyclic) bond motifs is 3. The molecule has 2 bridgehead atoms. The lowest BCUT2D eigenvalue weighted by atomic mass is 9.82. The molecule has 1 heteroatoms. The summed E-state index contributed by atoms with van der Waals surface area (Å²) < 4.78 is 0. The van der Waals surface area contributed by atoms with Crippen molar-refractivity contribution in [2.75, 3.05) is 5.32 Å². The smallest absolute Gasteiger partial charge is 0.0419 e. The molecule has 7 rings (SSSR count). The lowest BCUT2D eigenvalue weighted by Crippen LogP contribution is -2.10. The third-order valence-corrected chi connectivity index (χ3v) is 8.56. The molecule has 3 atom stereocenters. The van der Waals surface area contributed by atoms with Crippen LogP contribution in [0.5, 0.6) is 0 Å². The van der Waals surface area contributed by atoms with Crippen LogP contribution in [0.2, 0.25) is 0 Å². The summed E-state index contributed by atoms with van der Waals surface area (Å²) in [6, 6.07) is 41.9. The monoisotopic (exact) mass is 465 g/mol. The van der Waals surface area contributed by atoms with Gasteiger partial charge < -0.3 is 5.32 Å². The Bertz CT molecular complexity index is 1530. The van der Waals surface area contributed by atoms with Gasteiger partial charge in [-0.25, -0.2) is 0 Å². The molecule has 0 heterocycles. The second-order valence-corrected chi connectivity index (χ2v) is 10.6. The molecule has 0 spiro atoms. The molecule has 3 unspecified atom stereocenters. The molecule has 0 aromatic heterocycles. The summed E-state index contributed by atoms with van der Waals surface area (Å²) >= 11 is 0. The van der Waals surface area contributed by atoms with Crippen molar-refractivity contribution in [1.82, 2.24) is 0 Å². The van der Waals surface area contributed by atoms with Gasteiger partial charge in [-0.05, 0) is 93.8 Å². The molecular weight excluding hydrogens is 434 g/mol. The summed E-state index contributed by atoms with van der Waals surface area (Å²) in [7, 11) is 0. The van der Waals surface area contributed by atoms with Crippen LogP contribution >= 0.6 is 0 Å². The Balaban J connectivity index is 1.25. The zero-order valence-corrected chi connectivity index (χ0v) is 20.5. The van der Waals surface area contributed by atoms with Crippen LogP contribution in [0.1, 0.15) is 37.2 Å². The van der Waals surface area contributed by atoms with Crippen LogP contribution in [-0.4, -0.2) is 0 Å². The van der Waals surface area contributed by atoms with Gasteiger partial charge in [0, 0.05) is 11.4 Å². The second kappa shape index (κ2) is 8.99. The van der Waals surface area contributed by atoms with Crippen molar-refractivity contribution >= 4 is 22.1 Å². The van der Waals surface area contributed by atoms with Crippen LogP contribution < -0.4 is 5.32 Å². The van der Waals surface area contributed by atoms with Gasteiger partial charge in [0.1, 0.15) is 0 Å². The van der Waals surface area contributed by atoms with Gasteiger partial charge in [-0.2, -0.15) is 0 Å². The van der Waals surface area contributed by atoms with Crippen molar-refractivity contribution in [1.29, 1.82) is 0 Å². The second-order valence-electron chi connectivity index (χ2n) is 10.6. The van der Waals surface area contributed by atoms with E-state index in [9.17, 15) is 0 Å². The molecule has 0 aliphatic heterocycles. The molecule has 2 aliphatic carbocycles. The SMILES string of the molecule is c1ccc(-c2ccc(-c3cccc(Nc4ccccc4C4CC5CCC4C5)c3)c3ccccc23)cc1.